The van der Waals surface area contributed by atoms with Crippen LogP contribution in [0.2, 0.25) is 0 Å². The predicted octanol–water partition coefficient (Wildman–Crippen LogP) is 4.38. The molecular weight excluding hydrogens is 364 g/mol. The summed E-state index contributed by atoms with van der Waals surface area (Å²) in [5.74, 6) is 2.29. The van der Waals surface area contributed by atoms with Crippen molar-refractivity contribution in [3.8, 4) is 22.8 Å². The molecule has 0 aliphatic heterocycles. The Morgan fingerprint density at radius 3 is 2.48 bits per heavy atom. The first-order valence-electron chi connectivity index (χ1n) is 9.55. The number of aryl methyl sites for hydroxylation is 1. The van der Waals surface area contributed by atoms with E-state index in [2.05, 4.69) is 34.6 Å². The Labute approximate surface area is 170 Å². The van der Waals surface area contributed by atoms with Gasteiger partial charge in [-0.2, -0.15) is 9.61 Å². The molecule has 0 spiro atoms. The summed E-state index contributed by atoms with van der Waals surface area (Å²) in [5.41, 5.74) is 4.82. The summed E-state index contributed by atoms with van der Waals surface area (Å²) in [7, 11) is 3.26. The highest BCUT2D eigenvalue weighted by Crippen LogP contribution is 2.32. The molecule has 4 rings (SSSR count). The minimum absolute atomic E-state index is 0.674. The third-order valence-electron chi connectivity index (χ3n) is 4.80. The van der Waals surface area contributed by atoms with Crippen LogP contribution in [-0.4, -0.2) is 35.4 Å². The van der Waals surface area contributed by atoms with Gasteiger partial charge in [0.05, 0.1) is 19.9 Å². The van der Waals surface area contributed by atoms with Crippen LogP contribution in [0.1, 0.15) is 11.3 Å². The van der Waals surface area contributed by atoms with Crippen LogP contribution in [0.3, 0.4) is 0 Å². The van der Waals surface area contributed by atoms with E-state index in [1.807, 2.05) is 47.8 Å². The molecule has 6 heteroatoms. The van der Waals surface area contributed by atoms with E-state index in [4.69, 9.17) is 14.6 Å². The van der Waals surface area contributed by atoms with Crippen molar-refractivity contribution < 1.29 is 9.47 Å². The highest BCUT2D eigenvalue weighted by atomic mass is 16.5. The molecule has 2 heterocycles. The van der Waals surface area contributed by atoms with Crippen molar-refractivity contribution in [3.05, 3.63) is 71.9 Å². The van der Waals surface area contributed by atoms with Crippen LogP contribution in [-0.2, 0) is 6.42 Å². The van der Waals surface area contributed by atoms with Gasteiger partial charge >= 0.3 is 0 Å². The summed E-state index contributed by atoms with van der Waals surface area (Å²) in [5, 5.41) is 8.27. The van der Waals surface area contributed by atoms with Gasteiger partial charge in [-0.1, -0.05) is 30.3 Å². The SMILES string of the molecule is COc1ccc(-c2cc3nc(C)cc(NCCc4ccccc4)n3n2)cc1OC. The number of aromatic nitrogens is 3. The van der Waals surface area contributed by atoms with E-state index >= 15 is 0 Å². The van der Waals surface area contributed by atoms with Crippen molar-refractivity contribution in [1.82, 2.24) is 14.6 Å². The van der Waals surface area contributed by atoms with E-state index < -0.39 is 0 Å². The van der Waals surface area contributed by atoms with Gasteiger partial charge in [-0.3, -0.25) is 0 Å². The summed E-state index contributed by atoms with van der Waals surface area (Å²) >= 11 is 0. The number of ether oxygens (including phenoxy) is 2. The van der Waals surface area contributed by atoms with Crippen LogP contribution in [0.4, 0.5) is 5.82 Å². The third-order valence-corrected chi connectivity index (χ3v) is 4.80. The number of fused-ring (bicyclic) bond motifs is 1. The van der Waals surface area contributed by atoms with Gasteiger partial charge in [0.2, 0.25) is 0 Å². The molecule has 0 fully saturated rings. The van der Waals surface area contributed by atoms with Gasteiger partial charge in [-0.25, -0.2) is 4.98 Å². The van der Waals surface area contributed by atoms with E-state index in [9.17, 15) is 0 Å². The fourth-order valence-electron chi connectivity index (χ4n) is 3.34. The lowest BCUT2D eigenvalue weighted by molar-refractivity contribution is 0.355. The van der Waals surface area contributed by atoms with E-state index in [0.717, 1.165) is 41.4 Å². The second-order valence-corrected chi connectivity index (χ2v) is 6.81. The Bertz CT molecular complexity index is 1120. The molecule has 0 bridgehead atoms. The first-order chi connectivity index (χ1) is 14.2. The van der Waals surface area contributed by atoms with Gasteiger partial charge < -0.3 is 14.8 Å². The zero-order chi connectivity index (χ0) is 20.2. The number of anilines is 1. The number of nitrogens with zero attached hydrogens (tertiary/aromatic N) is 3. The fraction of sp³-hybridized carbons (Fsp3) is 0.217. The maximum Gasteiger partial charge on any atom is 0.161 e. The van der Waals surface area contributed by atoms with E-state index in [0.29, 0.717) is 11.5 Å². The summed E-state index contributed by atoms with van der Waals surface area (Å²) < 4.78 is 12.6. The predicted molar refractivity (Wildman–Crippen MR) is 115 cm³/mol. The number of benzene rings is 2. The minimum Gasteiger partial charge on any atom is -0.493 e. The lowest BCUT2D eigenvalue weighted by atomic mass is 10.1. The van der Waals surface area contributed by atoms with Crippen LogP contribution in [0.5, 0.6) is 11.5 Å². The topological polar surface area (TPSA) is 60.7 Å². The van der Waals surface area contributed by atoms with Crippen molar-refractivity contribution in [1.29, 1.82) is 0 Å². The number of hydrogen-bond donors (Lipinski definition) is 1. The third kappa shape index (κ3) is 4.01. The molecule has 0 saturated heterocycles. The summed E-state index contributed by atoms with van der Waals surface area (Å²) in [6.45, 7) is 2.81. The summed E-state index contributed by atoms with van der Waals surface area (Å²) in [6.07, 6.45) is 0.938. The van der Waals surface area contributed by atoms with Gasteiger partial charge in [-0.05, 0) is 37.1 Å². The van der Waals surface area contributed by atoms with Gasteiger partial charge in [-0.15, -0.1) is 0 Å². The number of rotatable bonds is 7. The quantitative estimate of drug-likeness (QED) is 0.509. The number of hydrogen-bond acceptors (Lipinski definition) is 5. The first-order valence-corrected chi connectivity index (χ1v) is 9.55. The molecule has 2 aromatic carbocycles. The van der Waals surface area contributed by atoms with Crippen LogP contribution in [0.15, 0.2) is 60.7 Å². The molecule has 0 aliphatic carbocycles. The van der Waals surface area contributed by atoms with Gasteiger partial charge in [0.25, 0.3) is 0 Å². The van der Waals surface area contributed by atoms with Crippen molar-refractivity contribution in [2.45, 2.75) is 13.3 Å². The van der Waals surface area contributed by atoms with Gasteiger partial charge in [0.1, 0.15) is 5.82 Å². The molecular formula is C23H24N4O2. The van der Waals surface area contributed by atoms with E-state index in [1.165, 1.54) is 5.56 Å². The van der Waals surface area contributed by atoms with Crippen LogP contribution in [0, 0.1) is 6.92 Å². The molecule has 29 heavy (non-hydrogen) atoms. The monoisotopic (exact) mass is 388 g/mol. The Morgan fingerprint density at radius 2 is 1.72 bits per heavy atom. The Kier molecular flexibility index (Phi) is 5.33. The summed E-state index contributed by atoms with van der Waals surface area (Å²) in [6, 6.07) is 20.2. The molecule has 0 unspecified atom stereocenters. The molecule has 0 radical (unpaired) electrons. The van der Waals surface area contributed by atoms with Crippen molar-refractivity contribution in [2.75, 3.05) is 26.1 Å². The molecule has 148 valence electrons. The second-order valence-electron chi connectivity index (χ2n) is 6.81. The van der Waals surface area contributed by atoms with Gasteiger partial charge in [0, 0.05) is 29.9 Å². The van der Waals surface area contributed by atoms with Crippen LogP contribution < -0.4 is 14.8 Å². The Morgan fingerprint density at radius 1 is 0.931 bits per heavy atom. The second kappa shape index (κ2) is 8.22. The van der Waals surface area contributed by atoms with Crippen molar-refractivity contribution in [2.24, 2.45) is 0 Å². The average Bonchev–Trinajstić information content (AvgIpc) is 3.18. The lowest BCUT2D eigenvalue weighted by Gasteiger charge is -2.09. The summed E-state index contributed by atoms with van der Waals surface area (Å²) in [4.78, 5) is 4.63. The van der Waals surface area contributed by atoms with Crippen molar-refractivity contribution in [3.63, 3.8) is 0 Å². The van der Waals surface area contributed by atoms with Gasteiger partial charge in [0.15, 0.2) is 17.1 Å². The molecule has 2 aromatic heterocycles. The lowest BCUT2D eigenvalue weighted by Crippen LogP contribution is -2.10. The normalized spacial score (nSPS) is 10.9. The van der Waals surface area contributed by atoms with Crippen molar-refractivity contribution >= 4 is 11.5 Å². The Hall–Kier alpha value is -3.54. The van der Waals surface area contributed by atoms with Crippen LogP contribution >= 0.6 is 0 Å². The maximum atomic E-state index is 5.42. The Balaban J connectivity index is 1.62. The molecule has 6 nitrogen and oxygen atoms in total. The smallest absolute Gasteiger partial charge is 0.161 e. The standard InChI is InChI=1S/C23H24N4O2/c1-16-13-22(24-12-11-17-7-5-4-6-8-17)27-23(25-16)15-19(26-27)18-9-10-20(28-2)21(14-18)29-3/h4-10,13-15,24H,11-12H2,1-3H3. The largest absolute Gasteiger partial charge is 0.493 e. The molecule has 4 aromatic rings. The molecule has 0 amide bonds. The highest BCUT2D eigenvalue weighted by molar-refractivity contribution is 5.68. The zero-order valence-electron chi connectivity index (χ0n) is 16.8. The minimum atomic E-state index is 0.674. The maximum absolute atomic E-state index is 5.42. The fourth-order valence-corrected chi connectivity index (χ4v) is 3.34. The van der Waals surface area contributed by atoms with Crippen LogP contribution in [0.25, 0.3) is 16.9 Å². The van der Waals surface area contributed by atoms with E-state index in [1.54, 1.807) is 14.2 Å². The zero-order valence-corrected chi connectivity index (χ0v) is 16.8. The molecule has 0 saturated carbocycles. The first kappa shape index (κ1) is 18.8. The average molecular weight is 388 g/mol. The molecule has 0 aliphatic rings. The number of methoxy groups -OCH3 is 2. The highest BCUT2D eigenvalue weighted by Gasteiger charge is 2.12. The number of nitrogens with one attached hydrogen (secondary N) is 1. The molecule has 0 atom stereocenters. The molecule has 1 N–H and O–H groups in total. The van der Waals surface area contributed by atoms with E-state index in [-0.39, 0.29) is 0 Å².